The molecule has 0 heterocycles. The Morgan fingerprint density at radius 3 is 2.65 bits per heavy atom. The summed E-state index contributed by atoms with van der Waals surface area (Å²) in [5, 5.41) is 15.2. The summed E-state index contributed by atoms with van der Waals surface area (Å²) < 4.78 is 0. The minimum Gasteiger partial charge on any atom is -0.478 e. The molecule has 0 aliphatic rings. The third-order valence-electron chi connectivity index (χ3n) is 2.59. The number of carboxylic acids is 1. The number of carbonyl (C=O) groups excluding carboxylic acids is 1. The molecule has 1 rings (SSSR count). The monoisotopic (exact) mass is 298 g/mol. The number of hydrogen-bond donors (Lipinski definition) is 3. The molecule has 0 atom stereocenters. The van der Waals surface area contributed by atoms with Crippen LogP contribution in [-0.4, -0.2) is 30.1 Å². The molecule has 5 nitrogen and oxygen atoms in total. The van der Waals surface area contributed by atoms with Gasteiger partial charge in [-0.3, -0.25) is 4.79 Å². The molecule has 3 N–H and O–H groups in total. The van der Waals surface area contributed by atoms with E-state index in [0.29, 0.717) is 29.7 Å². The Kier molecular flexibility index (Phi) is 6.31. The van der Waals surface area contributed by atoms with E-state index in [2.05, 4.69) is 10.6 Å². The Morgan fingerprint density at radius 1 is 1.35 bits per heavy atom. The molecular formula is C14H19ClN2O3. The molecule has 0 radical (unpaired) electrons. The number of benzene rings is 1. The van der Waals surface area contributed by atoms with Crippen LogP contribution < -0.4 is 10.6 Å². The summed E-state index contributed by atoms with van der Waals surface area (Å²) in [6, 6.07) is 4.58. The Labute approximate surface area is 123 Å². The summed E-state index contributed by atoms with van der Waals surface area (Å²) in [6.07, 6.45) is 0.286. The summed E-state index contributed by atoms with van der Waals surface area (Å²) in [7, 11) is 0. The topological polar surface area (TPSA) is 78.4 Å². The molecule has 0 aliphatic heterocycles. The van der Waals surface area contributed by atoms with Gasteiger partial charge in [0.15, 0.2) is 0 Å². The normalized spacial score (nSPS) is 10.4. The van der Waals surface area contributed by atoms with Crippen molar-refractivity contribution in [3.63, 3.8) is 0 Å². The molecule has 0 saturated heterocycles. The fourth-order valence-corrected chi connectivity index (χ4v) is 1.74. The van der Waals surface area contributed by atoms with Gasteiger partial charge >= 0.3 is 5.97 Å². The molecule has 20 heavy (non-hydrogen) atoms. The molecule has 1 aromatic carbocycles. The zero-order chi connectivity index (χ0) is 15.1. The summed E-state index contributed by atoms with van der Waals surface area (Å²) in [4.78, 5) is 22.6. The van der Waals surface area contributed by atoms with E-state index in [1.165, 1.54) is 6.07 Å². The third-order valence-corrected chi connectivity index (χ3v) is 2.82. The van der Waals surface area contributed by atoms with Crippen LogP contribution in [0.3, 0.4) is 0 Å². The smallest absolute Gasteiger partial charge is 0.337 e. The molecular weight excluding hydrogens is 280 g/mol. The van der Waals surface area contributed by atoms with Gasteiger partial charge in [-0.1, -0.05) is 25.4 Å². The number of nitrogens with one attached hydrogen (secondary N) is 2. The number of hydrogen-bond acceptors (Lipinski definition) is 3. The second kappa shape index (κ2) is 7.75. The minimum absolute atomic E-state index is 0.0583. The first-order chi connectivity index (χ1) is 9.40. The van der Waals surface area contributed by atoms with Crippen LogP contribution in [0.1, 0.15) is 30.6 Å². The quantitative estimate of drug-likeness (QED) is 0.723. The lowest BCUT2D eigenvalue weighted by Crippen LogP contribution is -2.28. The van der Waals surface area contributed by atoms with Gasteiger partial charge in [0, 0.05) is 30.2 Å². The maximum absolute atomic E-state index is 11.5. The van der Waals surface area contributed by atoms with E-state index in [4.69, 9.17) is 16.7 Å². The number of aromatic carboxylic acids is 1. The zero-order valence-corrected chi connectivity index (χ0v) is 12.3. The van der Waals surface area contributed by atoms with E-state index in [-0.39, 0.29) is 17.9 Å². The van der Waals surface area contributed by atoms with E-state index in [9.17, 15) is 9.59 Å². The number of carbonyl (C=O) groups is 2. The van der Waals surface area contributed by atoms with E-state index in [1.54, 1.807) is 12.1 Å². The average Bonchev–Trinajstić information content (AvgIpc) is 2.37. The highest BCUT2D eigenvalue weighted by molar-refractivity contribution is 6.31. The van der Waals surface area contributed by atoms with Gasteiger partial charge in [0.2, 0.25) is 5.91 Å². The van der Waals surface area contributed by atoms with E-state index < -0.39 is 5.97 Å². The number of anilines is 1. The van der Waals surface area contributed by atoms with Crippen LogP contribution in [0.15, 0.2) is 18.2 Å². The highest BCUT2D eigenvalue weighted by Crippen LogP contribution is 2.20. The summed E-state index contributed by atoms with van der Waals surface area (Å²) in [5.74, 6) is -0.710. The largest absolute Gasteiger partial charge is 0.478 e. The van der Waals surface area contributed by atoms with E-state index in [0.717, 1.165) is 0 Å². The summed E-state index contributed by atoms with van der Waals surface area (Å²) >= 11 is 5.76. The summed E-state index contributed by atoms with van der Waals surface area (Å²) in [5.41, 5.74) is 0.554. The molecule has 110 valence electrons. The predicted octanol–water partition coefficient (Wildman–Crippen LogP) is 2.61. The van der Waals surface area contributed by atoms with Crippen molar-refractivity contribution in [2.45, 2.75) is 20.3 Å². The van der Waals surface area contributed by atoms with Gasteiger partial charge in [0.25, 0.3) is 0 Å². The van der Waals surface area contributed by atoms with Crippen LogP contribution in [0, 0.1) is 5.92 Å². The van der Waals surface area contributed by atoms with Crippen molar-refractivity contribution in [1.82, 2.24) is 5.32 Å². The van der Waals surface area contributed by atoms with Gasteiger partial charge in [0.1, 0.15) is 0 Å². The van der Waals surface area contributed by atoms with Gasteiger partial charge in [0.05, 0.1) is 5.56 Å². The van der Waals surface area contributed by atoms with Crippen LogP contribution in [-0.2, 0) is 4.79 Å². The lowest BCUT2D eigenvalue weighted by molar-refractivity contribution is -0.120. The van der Waals surface area contributed by atoms with Gasteiger partial charge in [-0.2, -0.15) is 0 Å². The van der Waals surface area contributed by atoms with Crippen LogP contribution in [0.25, 0.3) is 0 Å². The maximum Gasteiger partial charge on any atom is 0.337 e. The molecule has 1 amide bonds. The fraction of sp³-hybridized carbons (Fsp3) is 0.429. The number of rotatable bonds is 7. The van der Waals surface area contributed by atoms with Crippen LogP contribution in [0.4, 0.5) is 5.69 Å². The molecule has 0 unspecified atom stereocenters. The lowest BCUT2D eigenvalue weighted by Gasteiger charge is -2.11. The Hall–Kier alpha value is -1.75. The van der Waals surface area contributed by atoms with Crippen LogP contribution >= 0.6 is 11.6 Å². The van der Waals surface area contributed by atoms with Gasteiger partial charge in [-0.25, -0.2) is 4.79 Å². The number of amides is 1. The maximum atomic E-state index is 11.5. The first kappa shape index (κ1) is 16.3. The van der Waals surface area contributed by atoms with Crippen molar-refractivity contribution >= 4 is 29.2 Å². The second-order valence-corrected chi connectivity index (χ2v) is 5.31. The first-order valence-corrected chi connectivity index (χ1v) is 6.81. The Bertz CT molecular complexity index is 489. The van der Waals surface area contributed by atoms with E-state index >= 15 is 0 Å². The summed E-state index contributed by atoms with van der Waals surface area (Å²) in [6.45, 7) is 5.04. The first-order valence-electron chi connectivity index (χ1n) is 6.43. The van der Waals surface area contributed by atoms with Crippen molar-refractivity contribution in [2.75, 3.05) is 18.4 Å². The van der Waals surface area contributed by atoms with Crippen LogP contribution in [0.2, 0.25) is 5.02 Å². The van der Waals surface area contributed by atoms with Crippen molar-refractivity contribution in [3.8, 4) is 0 Å². The van der Waals surface area contributed by atoms with Gasteiger partial charge in [-0.05, 0) is 24.1 Å². The zero-order valence-electron chi connectivity index (χ0n) is 11.6. The SMILES string of the molecule is CC(C)CNC(=O)CCNc1ccc(Cl)cc1C(=O)O. The molecule has 6 heteroatoms. The predicted molar refractivity (Wildman–Crippen MR) is 79.4 cm³/mol. The second-order valence-electron chi connectivity index (χ2n) is 4.87. The number of carboxylic acid groups (broad SMARTS) is 1. The Balaban J connectivity index is 2.50. The van der Waals surface area contributed by atoms with Gasteiger partial charge in [-0.15, -0.1) is 0 Å². The van der Waals surface area contributed by atoms with Crippen molar-refractivity contribution in [1.29, 1.82) is 0 Å². The van der Waals surface area contributed by atoms with Gasteiger partial charge < -0.3 is 15.7 Å². The molecule has 0 aliphatic carbocycles. The van der Waals surface area contributed by atoms with Crippen LogP contribution in [0.5, 0.6) is 0 Å². The third kappa shape index (κ3) is 5.48. The molecule has 0 bridgehead atoms. The standard InChI is InChI=1S/C14H19ClN2O3/c1-9(2)8-17-13(18)5-6-16-12-4-3-10(15)7-11(12)14(19)20/h3-4,7,9,16H,5-6,8H2,1-2H3,(H,17,18)(H,19,20). The average molecular weight is 299 g/mol. The van der Waals surface area contributed by atoms with Crippen molar-refractivity contribution < 1.29 is 14.7 Å². The van der Waals surface area contributed by atoms with E-state index in [1.807, 2.05) is 13.8 Å². The number of halogens is 1. The minimum atomic E-state index is -1.06. The molecule has 0 fully saturated rings. The Morgan fingerprint density at radius 2 is 2.05 bits per heavy atom. The molecule has 1 aromatic rings. The lowest BCUT2D eigenvalue weighted by atomic mass is 10.1. The molecule has 0 aromatic heterocycles. The fourth-order valence-electron chi connectivity index (χ4n) is 1.56. The van der Waals surface area contributed by atoms with Crippen molar-refractivity contribution in [3.05, 3.63) is 28.8 Å². The highest BCUT2D eigenvalue weighted by Gasteiger charge is 2.10. The highest BCUT2D eigenvalue weighted by atomic mass is 35.5. The molecule has 0 saturated carbocycles. The molecule has 0 spiro atoms. The van der Waals surface area contributed by atoms with Crippen molar-refractivity contribution in [2.24, 2.45) is 5.92 Å².